The van der Waals surface area contributed by atoms with Gasteiger partial charge in [-0.3, -0.25) is 9.59 Å². The summed E-state index contributed by atoms with van der Waals surface area (Å²) in [5, 5.41) is 0.886. The van der Waals surface area contributed by atoms with Gasteiger partial charge in [0, 0.05) is 23.4 Å². The number of hydrogen-bond donors (Lipinski definition) is 1. The third-order valence-electron chi connectivity index (χ3n) is 4.37. The number of hydrogen-bond acceptors (Lipinski definition) is 5. The topological polar surface area (TPSA) is 100 Å². The Bertz CT molecular complexity index is 1220. The lowest BCUT2D eigenvalue weighted by Crippen LogP contribution is -2.32. The number of nitrogens with one attached hydrogen (secondary N) is 1. The van der Waals surface area contributed by atoms with E-state index >= 15 is 0 Å². The van der Waals surface area contributed by atoms with E-state index in [-0.39, 0.29) is 22.9 Å². The average molecular weight is 434 g/mol. The molecule has 7 nitrogen and oxygen atoms in total. The lowest BCUT2D eigenvalue weighted by Gasteiger charge is -2.22. The number of aromatic amines is 1. The summed E-state index contributed by atoms with van der Waals surface area (Å²) in [6.45, 7) is 2.49. The van der Waals surface area contributed by atoms with Crippen molar-refractivity contribution in [2.24, 2.45) is 0 Å². The maximum atomic E-state index is 12.9. The molecule has 0 unspecified atom stereocenters. The van der Waals surface area contributed by atoms with E-state index in [1.807, 2.05) is 6.92 Å². The summed E-state index contributed by atoms with van der Waals surface area (Å²) in [4.78, 5) is 34.1. The number of H-pyrrole nitrogens is 1. The highest BCUT2D eigenvalue weighted by Crippen LogP contribution is 2.16. The van der Waals surface area contributed by atoms with E-state index in [4.69, 9.17) is 11.6 Å². The Balaban J connectivity index is 1.91. The molecule has 0 radical (unpaired) electrons. The van der Waals surface area contributed by atoms with Crippen LogP contribution in [0.5, 0.6) is 0 Å². The van der Waals surface area contributed by atoms with Crippen LogP contribution < -0.4 is 5.56 Å². The van der Waals surface area contributed by atoms with Crippen molar-refractivity contribution in [3.63, 3.8) is 0 Å². The summed E-state index contributed by atoms with van der Waals surface area (Å²) >= 11 is 5.99. The minimum atomic E-state index is -3.34. The van der Waals surface area contributed by atoms with Crippen molar-refractivity contribution in [1.29, 1.82) is 0 Å². The molecule has 3 aromatic rings. The molecule has 0 atom stereocenters. The Hall–Kier alpha value is -2.71. The Morgan fingerprint density at radius 2 is 1.86 bits per heavy atom. The van der Waals surface area contributed by atoms with Gasteiger partial charge in [-0.2, -0.15) is 0 Å². The van der Waals surface area contributed by atoms with Crippen LogP contribution in [0.1, 0.15) is 29.5 Å². The molecule has 0 aliphatic carbocycles. The highest BCUT2D eigenvalue weighted by atomic mass is 35.5. The molecule has 1 heterocycles. The van der Waals surface area contributed by atoms with Gasteiger partial charge in [-0.1, -0.05) is 18.5 Å². The van der Waals surface area contributed by atoms with Gasteiger partial charge >= 0.3 is 0 Å². The third kappa shape index (κ3) is 4.83. The number of nitrogens with zero attached hydrogens (tertiary/aromatic N) is 2. The van der Waals surface area contributed by atoms with Crippen LogP contribution in [-0.4, -0.2) is 42.0 Å². The van der Waals surface area contributed by atoms with Gasteiger partial charge in [0.05, 0.1) is 22.3 Å². The molecule has 0 saturated carbocycles. The Morgan fingerprint density at radius 1 is 1.17 bits per heavy atom. The highest BCUT2D eigenvalue weighted by molar-refractivity contribution is 7.90. The van der Waals surface area contributed by atoms with E-state index < -0.39 is 9.84 Å². The smallest absolute Gasteiger partial charge is 0.258 e. The van der Waals surface area contributed by atoms with Gasteiger partial charge < -0.3 is 9.88 Å². The molecule has 1 aromatic heterocycles. The molecule has 0 fully saturated rings. The van der Waals surface area contributed by atoms with E-state index in [1.54, 1.807) is 23.1 Å². The largest absolute Gasteiger partial charge is 0.331 e. The molecule has 0 bridgehead atoms. The number of rotatable bonds is 6. The predicted molar refractivity (Wildman–Crippen MR) is 112 cm³/mol. The van der Waals surface area contributed by atoms with E-state index in [1.165, 1.54) is 24.3 Å². The summed E-state index contributed by atoms with van der Waals surface area (Å²) in [6.07, 6.45) is 1.82. The zero-order valence-corrected chi connectivity index (χ0v) is 17.5. The van der Waals surface area contributed by atoms with Crippen LogP contribution in [0.25, 0.3) is 10.9 Å². The van der Waals surface area contributed by atoms with Crippen LogP contribution in [0.4, 0.5) is 0 Å². The van der Waals surface area contributed by atoms with E-state index in [0.29, 0.717) is 40.3 Å². The fourth-order valence-electron chi connectivity index (χ4n) is 2.97. The van der Waals surface area contributed by atoms with Crippen molar-refractivity contribution in [1.82, 2.24) is 14.9 Å². The number of benzene rings is 2. The summed E-state index contributed by atoms with van der Waals surface area (Å²) < 4.78 is 23.2. The lowest BCUT2D eigenvalue weighted by atomic mass is 10.2. The lowest BCUT2D eigenvalue weighted by molar-refractivity contribution is 0.0739. The number of carbonyl (C=O) groups excluding carboxylic acids is 1. The predicted octanol–water partition coefficient (Wildman–Crippen LogP) is 3.03. The van der Waals surface area contributed by atoms with E-state index in [0.717, 1.165) is 6.26 Å². The number of carbonyl (C=O) groups is 1. The fraction of sp³-hybridized carbons (Fsp3) is 0.250. The van der Waals surface area contributed by atoms with Gasteiger partial charge in [-0.25, -0.2) is 13.4 Å². The van der Waals surface area contributed by atoms with E-state index in [9.17, 15) is 18.0 Å². The van der Waals surface area contributed by atoms with Crippen molar-refractivity contribution in [2.45, 2.75) is 24.8 Å². The third-order valence-corrected chi connectivity index (χ3v) is 5.73. The minimum Gasteiger partial charge on any atom is -0.331 e. The highest BCUT2D eigenvalue weighted by Gasteiger charge is 2.18. The molecule has 9 heteroatoms. The van der Waals surface area contributed by atoms with Crippen LogP contribution in [0.2, 0.25) is 5.02 Å². The molecular weight excluding hydrogens is 414 g/mol. The standard InChI is InChI=1S/C20H20ClN3O4S/c1-3-10-24(20(26)13-4-7-15(8-5-13)29(2,27)28)12-18-22-17-11-14(21)6-9-16(17)19(25)23-18/h4-9,11H,3,10,12H2,1-2H3,(H,22,23,25). The second-order valence-corrected chi connectivity index (χ2v) is 9.15. The first-order chi connectivity index (χ1) is 13.7. The minimum absolute atomic E-state index is 0.109. The normalized spacial score (nSPS) is 11.6. The Kier molecular flexibility index (Phi) is 6.04. The van der Waals surface area contributed by atoms with Crippen LogP contribution in [-0.2, 0) is 16.4 Å². The molecule has 0 aliphatic heterocycles. The maximum absolute atomic E-state index is 12.9. The molecule has 3 rings (SSSR count). The van der Waals surface area contributed by atoms with Gasteiger partial charge in [0.1, 0.15) is 5.82 Å². The SMILES string of the molecule is CCCN(Cc1nc2cc(Cl)ccc2c(=O)[nH]1)C(=O)c1ccc(S(C)(=O)=O)cc1. The van der Waals surface area contributed by atoms with Crippen LogP contribution >= 0.6 is 11.6 Å². The second-order valence-electron chi connectivity index (χ2n) is 6.70. The molecule has 1 amide bonds. The fourth-order valence-corrected chi connectivity index (χ4v) is 3.76. The second kappa shape index (κ2) is 8.34. The Morgan fingerprint density at radius 3 is 2.48 bits per heavy atom. The first-order valence-corrected chi connectivity index (χ1v) is 11.2. The van der Waals surface area contributed by atoms with Gasteiger partial charge in [-0.15, -0.1) is 0 Å². The number of sulfone groups is 1. The molecule has 2 aromatic carbocycles. The van der Waals surface area contributed by atoms with Gasteiger partial charge in [0.25, 0.3) is 11.5 Å². The molecular formula is C20H20ClN3O4S. The number of amides is 1. The van der Waals surface area contributed by atoms with Crippen molar-refractivity contribution >= 4 is 38.2 Å². The maximum Gasteiger partial charge on any atom is 0.258 e. The van der Waals surface area contributed by atoms with Crippen molar-refractivity contribution in [2.75, 3.05) is 12.8 Å². The summed E-state index contributed by atoms with van der Waals surface area (Å²) in [6, 6.07) is 10.6. The number of aromatic nitrogens is 2. The molecule has 152 valence electrons. The average Bonchev–Trinajstić information content (AvgIpc) is 2.66. The van der Waals surface area contributed by atoms with Crippen molar-refractivity contribution in [3.8, 4) is 0 Å². The van der Waals surface area contributed by atoms with E-state index in [2.05, 4.69) is 9.97 Å². The summed E-state index contributed by atoms with van der Waals surface area (Å²) in [5.74, 6) is 0.0695. The number of halogens is 1. The van der Waals surface area contributed by atoms with Crippen LogP contribution in [0.3, 0.4) is 0 Å². The molecule has 29 heavy (non-hydrogen) atoms. The molecule has 0 saturated heterocycles. The molecule has 0 spiro atoms. The van der Waals surface area contributed by atoms with Crippen LogP contribution in [0, 0.1) is 0 Å². The summed E-state index contributed by atoms with van der Waals surface area (Å²) in [7, 11) is -3.34. The van der Waals surface area contributed by atoms with Gasteiger partial charge in [-0.05, 0) is 48.9 Å². The molecule has 0 aliphatic rings. The van der Waals surface area contributed by atoms with Crippen molar-refractivity contribution < 1.29 is 13.2 Å². The zero-order chi connectivity index (χ0) is 21.2. The van der Waals surface area contributed by atoms with Gasteiger partial charge in [0.15, 0.2) is 9.84 Å². The summed E-state index contributed by atoms with van der Waals surface area (Å²) in [5.41, 5.74) is 0.512. The Labute approximate surface area is 173 Å². The first kappa shape index (κ1) is 21.0. The molecule has 1 N–H and O–H groups in total. The van der Waals surface area contributed by atoms with Gasteiger partial charge in [0.2, 0.25) is 0 Å². The van der Waals surface area contributed by atoms with Crippen molar-refractivity contribution in [3.05, 3.63) is 69.2 Å². The monoisotopic (exact) mass is 433 g/mol. The van der Waals surface area contributed by atoms with Crippen LogP contribution in [0.15, 0.2) is 52.2 Å². The zero-order valence-electron chi connectivity index (χ0n) is 16.0. The first-order valence-electron chi connectivity index (χ1n) is 8.97. The quantitative estimate of drug-likeness (QED) is 0.644. The number of fused-ring (bicyclic) bond motifs is 1.